The number of hydrogen-bond acceptors (Lipinski definition) is 5. The average Bonchev–Trinajstić information content (AvgIpc) is 3.13. The number of nitrogens with zero attached hydrogens (tertiary/aromatic N) is 3. The van der Waals surface area contributed by atoms with E-state index < -0.39 is 11.1 Å². The van der Waals surface area contributed by atoms with E-state index in [0.29, 0.717) is 34.9 Å². The normalized spacial score (nSPS) is 11.2. The third-order valence-corrected chi connectivity index (χ3v) is 4.54. The summed E-state index contributed by atoms with van der Waals surface area (Å²) in [6.07, 6.45) is 0. The minimum atomic E-state index is -0.653. The number of H-pyrrole nitrogens is 1. The van der Waals surface area contributed by atoms with Crippen molar-refractivity contribution in [3.63, 3.8) is 0 Å². The van der Waals surface area contributed by atoms with E-state index in [1.807, 2.05) is 31.2 Å². The molecule has 2 aromatic carbocycles. The van der Waals surface area contributed by atoms with Gasteiger partial charge in [-0.25, -0.2) is 0 Å². The number of benzene rings is 2. The van der Waals surface area contributed by atoms with Gasteiger partial charge in [0.15, 0.2) is 0 Å². The Bertz CT molecular complexity index is 1240. The Balaban J connectivity index is 1.82. The van der Waals surface area contributed by atoms with Gasteiger partial charge in [-0.1, -0.05) is 27.2 Å². The van der Waals surface area contributed by atoms with Gasteiger partial charge >= 0.3 is 11.1 Å². The van der Waals surface area contributed by atoms with Crippen LogP contribution in [0.3, 0.4) is 0 Å². The second-order valence-corrected chi connectivity index (χ2v) is 6.58. The second-order valence-electron chi connectivity index (χ2n) is 5.67. The van der Waals surface area contributed by atoms with Crippen molar-refractivity contribution in [2.75, 3.05) is 0 Å². The molecule has 0 atom stereocenters. The van der Waals surface area contributed by atoms with Gasteiger partial charge in [-0.3, -0.25) is 9.59 Å². The molecule has 0 fully saturated rings. The molecule has 0 bridgehead atoms. The molecule has 2 aromatic heterocycles. The fourth-order valence-electron chi connectivity index (χ4n) is 2.81. The zero-order valence-corrected chi connectivity index (χ0v) is 15.3. The van der Waals surface area contributed by atoms with Crippen LogP contribution in [0.2, 0.25) is 0 Å². The SMILES string of the molecule is CCn1c(=O)c(=O)[nH]c2cc(-c3noc(-c4cccc(Br)c4)n3)ccc21. The van der Waals surface area contributed by atoms with Gasteiger partial charge in [0.2, 0.25) is 5.82 Å². The van der Waals surface area contributed by atoms with Crippen molar-refractivity contribution < 1.29 is 4.52 Å². The van der Waals surface area contributed by atoms with Crippen LogP contribution in [-0.4, -0.2) is 19.7 Å². The zero-order chi connectivity index (χ0) is 18.3. The van der Waals surface area contributed by atoms with Gasteiger partial charge in [-0.2, -0.15) is 4.98 Å². The minimum Gasteiger partial charge on any atom is -0.334 e. The highest BCUT2D eigenvalue weighted by Gasteiger charge is 2.13. The lowest BCUT2D eigenvalue weighted by atomic mass is 10.1. The van der Waals surface area contributed by atoms with Crippen molar-refractivity contribution in [2.45, 2.75) is 13.5 Å². The van der Waals surface area contributed by atoms with Crippen LogP contribution in [0.15, 0.2) is 61.0 Å². The molecule has 0 radical (unpaired) electrons. The quantitative estimate of drug-likeness (QED) is 0.521. The molecule has 26 heavy (non-hydrogen) atoms. The molecule has 8 heteroatoms. The zero-order valence-electron chi connectivity index (χ0n) is 13.7. The van der Waals surface area contributed by atoms with E-state index in [2.05, 4.69) is 31.1 Å². The van der Waals surface area contributed by atoms with Gasteiger partial charge in [-0.15, -0.1) is 0 Å². The first-order chi connectivity index (χ1) is 12.6. The molecule has 4 aromatic rings. The van der Waals surface area contributed by atoms with Gasteiger partial charge in [0, 0.05) is 22.1 Å². The smallest absolute Gasteiger partial charge is 0.316 e. The van der Waals surface area contributed by atoms with E-state index in [0.717, 1.165) is 10.0 Å². The van der Waals surface area contributed by atoms with Crippen LogP contribution < -0.4 is 11.1 Å². The molecule has 7 nitrogen and oxygen atoms in total. The Morgan fingerprint density at radius 2 is 2.00 bits per heavy atom. The number of aromatic nitrogens is 4. The maximum atomic E-state index is 11.9. The van der Waals surface area contributed by atoms with Crippen molar-refractivity contribution in [2.24, 2.45) is 0 Å². The third-order valence-electron chi connectivity index (χ3n) is 4.05. The summed E-state index contributed by atoms with van der Waals surface area (Å²) < 4.78 is 7.70. The van der Waals surface area contributed by atoms with Gasteiger partial charge in [-0.05, 0) is 43.3 Å². The molecule has 0 aliphatic carbocycles. The second kappa shape index (κ2) is 6.38. The molecular weight excluding hydrogens is 400 g/mol. The van der Waals surface area contributed by atoms with Crippen molar-refractivity contribution in [1.29, 1.82) is 0 Å². The first-order valence-corrected chi connectivity index (χ1v) is 8.73. The lowest BCUT2D eigenvalue weighted by molar-refractivity contribution is 0.432. The van der Waals surface area contributed by atoms with Gasteiger partial charge in [0.05, 0.1) is 11.0 Å². The monoisotopic (exact) mass is 412 g/mol. The molecule has 4 rings (SSSR count). The summed E-state index contributed by atoms with van der Waals surface area (Å²) in [7, 11) is 0. The predicted octanol–water partition coefficient (Wildman–Crippen LogP) is 3.19. The minimum absolute atomic E-state index is 0.397. The van der Waals surface area contributed by atoms with Crippen LogP contribution >= 0.6 is 15.9 Å². The summed E-state index contributed by atoms with van der Waals surface area (Å²) in [6.45, 7) is 2.23. The van der Waals surface area contributed by atoms with Crippen LogP contribution in [0.25, 0.3) is 33.9 Å². The lowest BCUT2D eigenvalue weighted by Gasteiger charge is -2.07. The number of halogens is 1. The van der Waals surface area contributed by atoms with Crippen molar-refractivity contribution in [3.05, 3.63) is 67.6 Å². The number of fused-ring (bicyclic) bond motifs is 1. The maximum absolute atomic E-state index is 11.9. The predicted molar refractivity (Wildman–Crippen MR) is 101 cm³/mol. The number of aryl methyl sites for hydroxylation is 1. The van der Waals surface area contributed by atoms with Crippen molar-refractivity contribution >= 4 is 27.0 Å². The van der Waals surface area contributed by atoms with E-state index in [4.69, 9.17) is 4.52 Å². The van der Waals surface area contributed by atoms with Crippen LogP contribution in [0.1, 0.15) is 6.92 Å². The van der Waals surface area contributed by atoms with Crippen LogP contribution in [0.4, 0.5) is 0 Å². The standard InChI is InChI=1S/C18H13BrN4O3/c1-2-23-14-7-6-10(9-13(14)20-16(24)18(23)25)15-21-17(26-22-15)11-4-3-5-12(19)8-11/h3-9H,2H2,1H3,(H,20,24). The van der Waals surface area contributed by atoms with Gasteiger partial charge in [0.1, 0.15) is 0 Å². The first-order valence-electron chi connectivity index (χ1n) is 7.93. The molecule has 2 heterocycles. The van der Waals surface area contributed by atoms with E-state index >= 15 is 0 Å². The number of hydrogen-bond donors (Lipinski definition) is 1. The Hall–Kier alpha value is -3.00. The van der Waals surface area contributed by atoms with Crippen molar-refractivity contribution in [3.8, 4) is 22.8 Å². The summed E-state index contributed by atoms with van der Waals surface area (Å²) in [4.78, 5) is 30.8. The van der Waals surface area contributed by atoms with E-state index in [9.17, 15) is 9.59 Å². The molecule has 0 aliphatic rings. The maximum Gasteiger partial charge on any atom is 0.316 e. The molecule has 130 valence electrons. The average molecular weight is 413 g/mol. The summed E-state index contributed by atoms with van der Waals surface area (Å²) >= 11 is 3.41. The molecular formula is C18H13BrN4O3. The lowest BCUT2D eigenvalue weighted by Crippen LogP contribution is -2.35. The topological polar surface area (TPSA) is 93.8 Å². The van der Waals surface area contributed by atoms with Gasteiger partial charge in [0.25, 0.3) is 5.89 Å². The van der Waals surface area contributed by atoms with Gasteiger partial charge < -0.3 is 14.1 Å². The molecule has 0 saturated carbocycles. The molecule has 0 amide bonds. The Morgan fingerprint density at radius 3 is 2.77 bits per heavy atom. The highest BCUT2D eigenvalue weighted by molar-refractivity contribution is 9.10. The van der Waals surface area contributed by atoms with Crippen molar-refractivity contribution in [1.82, 2.24) is 19.7 Å². The highest BCUT2D eigenvalue weighted by atomic mass is 79.9. The fraction of sp³-hybridized carbons (Fsp3) is 0.111. The Morgan fingerprint density at radius 1 is 1.15 bits per heavy atom. The molecule has 0 spiro atoms. The summed E-state index contributed by atoms with van der Waals surface area (Å²) in [6, 6.07) is 12.8. The van der Waals surface area contributed by atoms with Crippen LogP contribution in [-0.2, 0) is 6.54 Å². The number of nitrogens with one attached hydrogen (secondary N) is 1. The van der Waals surface area contributed by atoms with E-state index in [1.165, 1.54) is 4.57 Å². The van der Waals surface area contributed by atoms with Crippen LogP contribution in [0.5, 0.6) is 0 Å². The summed E-state index contributed by atoms with van der Waals surface area (Å²) in [5, 5.41) is 4.02. The fourth-order valence-corrected chi connectivity index (χ4v) is 3.21. The molecule has 0 unspecified atom stereocenters. The highest BCUT2D eigenvalue weighted by Crippen LogP contribution is 2.25. The van der Waals surface area contributed by atoms with E-state index in [-0.39, 0.29) is 0 Å². The molecule has 0 aliphatic heterocycles. The summed E-state index contributed by atoms with van der Waals surface area (Å²) in [5.41, 5.74) is 1.45. The number of aromatic amines is 1. The molecule has 0 saturated heterocycles. The Labute approximate surface area is 155 Å². The first kappa shape index (κ1) is 16.5. The summed E-state index contributed by atoms with van der Waals surface area (Å²) in [5.74, 6) is 0.797. The van der Waals surface area contributed by atoms with Crippen LogP contribution in [0, 0.1) is 0 Å². The largest absolute Gasteiger partial charge is 0.334 e. The number of rotatable bonds is 3. The molecule has 1 N–H and O–H groups in total. The third kappa shape index (κ3) is 2.78. The van der Waals surface area contributed by atoms with E-state index in [1.54, 1.807) is 18.2 Å². The Kier molecular flexibility index (Phi) is 4.04.